The number of rotatable bonds is 8. The Kier molecular flexibility index (Phi) is 11.1. The average molecular weight is 610 g/mol. The van der Waals surface area contributed by atoms with Gasteiger partial charge < -0.3 is 19.1 Å². The largest absolute Gasteiger partial charge is 0.501 e. The zero-order chi connectivity index (χ0) is 32.1. The summed E-state index contributed by atoms with van der Waals surface area (Å²) in [5.41, 5.74) is 4.67. The Labute approximate surface area is 257 Å². The maximum Gasteiger partial charge on any atom is 0.335 e. The van der Waals surface area contributed by atoms with E-state index in [0.717, 1.165) is 46.3 Å². The number of carbonyl (C=O) groups is 1. The van der Waals surface area contributed by atoms with Crippen LogP contribution in [0.5, 0.6) is 0 Å². The Bertz CT molecular complexity index is 1590. The van der Waals surface area contributed by atoms with E-state index >= 15 is 0 Å². The molecule has 234 valence electrons. The lowest BCUT2D eigenvalue weighted by atomic mass is 9.81. The fraction of sp³-hybridized carbons (Fsp3) is 0.471. The fourth-order valence-electron chi connectivity index (χ4n) is 5.84. The maximum absolute atomic E-state index is 13.0. The van der Waals surface area contributed by atoms with Crippen LogP contribution in [0.3, 0.4) is 0 Å². The first-order valence-corrected chi connectivity index (χ1v) is 16.2. The molecule has 0 radical (unpaired) electrons. The summed E-state index contributed by atoms with van der Waals surface area (Å²) in [6.07, 6.45) is 14.3. The summed E-state index contributed by atoms with van der Waals surface area (Å²) in [4.78, 5) is 13.0. The monoisotopic (exact) mass is 609 g/mol. The second kappa shape index (κ2) is 14.0. The first-order chi connectivity index (χ1) is 20.2. The molecule has 2 aromatic rings. The Balaban J connectivity index is 0.00000162. The van der Waals surface area contributed by atoms with Crippen molar-refractivity contribution in [1.29, 1.82) is 0 Å². The number of nitrogens with one attached hydrogen (secondary N) is 1. The number of aromatic nitrogens is 1. The molecule has 1 fully saturated rings. The fourth-order valence-corrected chi connectivity index (χ4v) is 6.77. The van der Waals surface area contributed by atoms with Gasteiger partial charge in [0.15, 0.2) is 5.72 Å². The van der Waals surface area contributed by atoms with Crippen LogP contribution in [0.15, 0.2) is 47.3 Å². The summed E-state index contributed by atoms with van der Waals surface area (Å²) in [7, 11) is 3.41. The van der Waals surface area contributed by atoms with Crippen molar-refractivity contribution < 1.29 is 23.6 Å². The van der Waals surface area contributed by atoms with Crippen LogP contribution in [0, 0.1) is 12.3 Å². The summed E-state index contributed by atoms with van der Waals surface area (Å²) in [5, 5.41) is 12.6. The molecule has 0 amide bonds. The number of terminal acetylenes is 1. The summed E-state index contributed by atoms with van der Waals surface area (Å²) < 4.78 is 30.1. The van der Waals surface area contributed by atoms with E-state index < -0.39 is 21.6 Å². The molecule has 8 nitrogen and oxygen atoms in total. The molecule has 9 heteroatoms. The van der Waals surface area contributed by atoms with E-state index in [-0.39, 0.29) is 0 Å². The highest BCUT2D eigenvalue weighted by Crippen LogP contribution is 2.45. The maximum atomic E-state index is 13.0. The van der Waals surface area contributed by atoms with E-state index in [1.165, 1.54) is 36.2 Å². The van der Waals surface area contributed by atoms with Crippen LogP contribution >= 0.6 is 0 Å². The highest BCUT2D eigenvalue weighted by molar-refractivity contribution is 7.96. The minimum Gasteiger partial charge on any atom is -0.501 e. The first-order valence-electron chi connectivity index (χ1n) is 14.5. The highest BCUT2D eigenvalue weighted by atomic mass is 32.2. The number of nitrogens with zero attached hydrogens (tertiary/aromatic N) is 2. The minimum atomic E-state index is -2.92. The van der Waals surface area contributed by atoms with Crippen molar-refractivity contribution in [2.45, 2.75) is 78.0 Å². The molecule has 1 aromatic heterocycles. The lowest BCUT2D eigenvalue weighted by molar-refractivity contribution is -0.136. The summed E-state index contributed by atoms with van der Waals surface area (Å²) in [5.74, 6) is 6.75. The van der Waals surface area contributed by atoms with Gasteiger partial charge in [-0.3, -0.25) is 0 Å². The summed E-state index contributed by atoms with van der Waals surface area (Å²) >= 11 is 0. The SMILES string of the molecule is C#CC.C=S(=O)(NC(C)(O)c1ccc2c(C3CCCCC3)c3n(c2c1)CC(C(=O)OC)=CC(/C=C(\C)OC)=C3C)N(C)C. The average Bonchev–Trinajstić information content (AvgIpc) is 3.21. The van der Waals surface area contributed by atoms with Crippen LogP contribution in [0.2, 0.25) is 0 Å². The van der Waals surface area contributed by atoms with Gasteiger partial charge in [-0.05, 0) is 87.3 Å². The van der Waals surface area contributed by atoms with Gasteiger partial charge in [-0.2, -0.15) is 0 Å². The van der Waals surface area contributed by atoms with Crippen LogP contribution in [-0.4, -0.2) is 58.3 Å². The number of methoxy groups -OCH3 is 2. The topological polar surface area (TPSA) is 93.0 Å². The number of fused-ring (bicyclic) bond motifs is 3. The van der Waals surface area contributed by atoms with Crippen molar-refractivity contribution in [3.8, 4) is 12.3 Å². The summed E-state index contributed by atoms with van der Waals surface area (Å²) in [6, 6.07) is 5.88. The van der Waals surface area contributed by atoms with Crippen LogP contribution in [0.1, 0.15) is 82.5 Å². The molecule has 1 aliphatic heterocycles. The van der Waals surface area contributed by atoms with Crippen LogP contribution in [0.4, 0.5) is 0 Å². The molecule has 2 heterocycles. The van der Waals surface area contributed by atoms with Crippen molar-refractivity contribution in [1.82, 2.24) is 13.6 Å². The zero-order valence-corrected chi connectivity index (χ0v) is 27.7. The Morgan fingerprint density at radius 1 is 1.26 bits per heavy atom. The predicted molar refractivity (Wildman–Crippen MR) is 177 cm³/mol. The molecule has 1 aromatic carbocycles. The second-order valence-corrected chi connectivity index (χ2v) is 13.7. The van der Waals surface area contributed by atoms with Gasteiger partial charge in [0.05, 0.1) is 42.0 Å². The smallest absolute Gasteiger partial charge is 0.335 e. The Hall–Kier alpha value is -3.29. The lowest BCUT2D eigenvalue weighted by Crippen LogP contribution is -2.47. The molecule has 1 aliphatic carbocycles. The first kappa shape index (κ1) is 34.2. The number of allylic oxidation sites excluding steroid dienone is 5. The lowest BCUT2D eigenvalue weighted by Gasteiger charge is -2.30. The quantitative estimate of drug-likeness (QED) is 0.133. The van der Waals surface area contributed by atoms with Crippen LogP contribution < -0.4 is 4.72 Å². The predicted octanol–water partition coefficient (Wildman–Crippen LogP) is 5.63. The van der Waals surface area contributed by atoms with Crippen molar-refractivity contribution in [2.24, 2.45) is 0 Å². The van der Waals surface area contributed by atoms with Crippen LogP contribution in [0.25, 0.3) is 16.5 Å². The molecular formula is C34H47N3O5S. The van der Waals surface area contributed by atoms with Crippen molar-refractivity contribution in [3.05, 3.63) is 64.1 Å². The van der Waals surface area contributed by atoms with E-state index in [2.05, 4.69) is 40.5 Å². The molecular weight excluding hydrogens is 562 g/mol. The molecule has 0 spiro atoms. The third kappa shape index (κ3) is 7.44. The molecule has 0 saturated heterocycles. The second-order valence-electron chi connectivity index (χ2n) is 11.5. The van der Waals surface area contributed by atoms with Crippen LogP contribution in [-0.2, 0) is 36.4 Å². The Morgan fingerprint density at radius 2 is 1.88 bits per heavy atom. The molecule has 2 unspecified atom stereocenters. The molecule has 43 heavy (non-hydrogen) atoms. The highest BCUT2D eigenvalue weighted by Gasteiger charge is 2.32. The van der Waals surface area contributed by atoms with Crippen molar-refractivity contribution in [3.63, 3.8) is 0 Å². The molecule has 0 bridgehead atoms. The normalized spacial score (nSPS) is 18.8. The zero-order valence-electron chi connectivity index (χ0n) is 26.9. The number of carbonyl (C=O) groups excluding carboxylic acids is 1. The van der Waals surface area contributed by atoms with E-state index in [4.69, 9.17) is 9.47 Å². The molecule has 2 aliphatic rings. The third-order valence-electron chi connectivity index (χ3n) is 8.20. The van der Waals surface area contributed by atoms with Gasteiger partial charge in [-0.1, -0.05) is 31.4 Å². The van der Waals surface area contributed by atoms with E-state index in [0.29, 0.717) is 23.6 Å². The van der Waals surface area contributed by atoms with E-state index in [9.17, 15) is 14.1 Å². The van der Waals surface area contributed by atoms with Gasteiger partial charge in [0, 0.05) is 36.3 Å². The van der Waals surface area contributed by atoms with Gasteiger partial charge in [-0.15, -0.1) is 12.3 Å². The number of benzene rings is 1. The standard InChI is InChI=1S/C31H43N3O5S.C3H4/c1-20(38-6)16-23-17-24(30(35)39-7)19-34-27-18-25(31(3,36)32-40(8,37)33(4)5)14-15-26(27)28(29(34)21(23)2)22-12-10-9-11-13-22;1-3-2/h14-18,22,36H,8-13,19H2,1-7H3,(H,32,37);1H,2H3/b20-16+;. The van der Waals surface area contributed by atoms with Gasteiger partial charge >= 0.3 is 5.97 Å². The number of ether oxygens (including phenoxy) is 2. The van der Waals surface area contributed by atoms with Gasteiger partial charge in [0.2, 0.25) is 0 Å². The number of hydrogen-bond donors (Lipinski definition) is 2. The van der Waals surface area contributed by atoms with Gasteiger partial charge in [0.25, 0.3) is 0 Å². The van der Waals surface area contributed by atoms with Gasteiger partial charge in [0.1, 0.15) is 0 Å². The molecule has 4 rings (SSSR count). The Morgan fingerprint density at radius 3 is 2.44 bits per heavy atom. The molecule has 2 N–H and O–H groups in total. The number of aliphatic hydroxyl groups is 1. The number of hydrogen-bond acceptors (Lipinski definition) is 5. The molecule has 1 saturated carbocycles. The van der Waals surface area contributed by atoms with Crippen molar-refractivity contribution in [2.75, 3.05) is 28.3 Å². The van der Waals surface area contributed by atoms with E-state index in [1.54, 1.807) is 35.1 Å². The van der Waals surface area contributed by atoms with Gasteiger partial charge in [-0.25, -0.2) is 18.0 Å². The number of esters is 1. The van der Waals surface area contributed by atoms with E-state index in [1.807, 2.05) is 31.2 Å². The summed E-state index contributed by atoms with van der Waals surface area (Å²) in [6.45, 7) is 7.53. The minimum absolute atomic E-state index is 0.314. The molecule has 2 atom stereocenters. The third-order valence-corrected chi connectivity index (χ3v) is 10.1. The van der Waals surface area contributed by atoms with Crippen molar-refractivity contribution >= 4 is 38.2 Å².